The van der Waals surface area contributed by atoms with Crippen LogP contribution >= 0.6 is 0 Å². The molecule has 0 amide bonds. The van der Waals surface area contributed by atoms with Crippen molar-refractivity contribution < 1.29 is 4.74 Å². The van der Waals surface area contributed by atoms with Crippen LogP contribution in [0.1, 0.15) is 45.2 Å². The van der Waals surface area contributed by atoms with Gasteiger partial charge in [-0.05, 0) is 50.2 Å². The molecule has 2 rings (SSSR count). The first-order chi connectivity index (χ1) is 8.08. The van der Waals surface area contributed by atoms with Gasteiger partial charge < -0.3 is 10.5 Å². The molecule has 0 spiro atoms. The maximum Gasteiger partial charge on any atom is 0.138 e. The number of pyridine rings is 1. The van der Waals surface area contributed by atoms with Crippen LogP contribution in [0.4, 0.5) is 0 Å². The highest BCUT2D eigenvalue weighted by Gasteiger charge is 2.32. The number of hydrogen-bond acceptors (Lipinski definition) is 3. The normalized spacial score (nSPS) is 19.1. The summed E-state index contributed by atoms with van der Waals surface area (Å²) in [6.45, 7) is 6.26. The number of nitrogens with zero attached hydrogens (tertiary/aromatic N) is 1. The molecular weight excluding hydrogens is 212 g/mol. The van der Waals surface area contributed by atoms with Crippen LogP contribution in [0.3, 0.4) is 0 Å². The molecule has 3 nitrogen and oxygen atoms in total. The van der Waals surface area contributed by atoms with E-state index in [2.05, 4.69) is 11.9 Å². The zero-order valence-corrected chi connectivity index (χ0v) is 10.9. The van der Waals surface area contributed by atoms with Gasteiger partial charge in [-0.3, -0.25) is 4.98 Å². The maximum absolute atomic E-state index is 6.28. The van der Waals surface area contributed by atoms with Gasteiger partial charge in [-0.2, -0.15) is 0 Å². The minimum atomic E-state index is 0.0747. The molecule has 1 aliphatic rings. The summed E-state index contributed by atoms with van der Waals surface area (Å²) >= 11 is 0. The van der Waals surface area contributed by atoms with E-state index in [0.717, 1.165) is 17.2 Å². The third kappa shape index (κ3) is 3.19. The van der Waals surface area contributed by atoms with E-state index in [-0.39, 0.29) is 12.1 Å². The standard InChI is InChI=1S/C14H22N2O/c1-9(2)17-13-6-12(7-16-8-13)14(15)10(3)11-4-5-11/h6-11,14H,4-5,15H2,1-3H3. The Kier molecular flexibility index (Phi) is 3.67. The van der Waals surface area contributed by atoms with Crippen LogP contribution in [-0.4, -0.2) is 11.1 Å². The lowest BCUT2D eigenvalue weighted by Crippen LogP contribution is -2.21. The minimum Gasteiger partial charge on any atom is -0.489 e. The minimum absolute atomic E-state index is 0.0747. The zero-order chi connectivity index (χ0) is 12.4. The summed E-state index contributed by atoms with van der Waals surface area (Å²) in [7, 11) is 0. The second kappa shape index (κ2) is 5.05. The highest BCUT2D eigenvalue weighted by molar-refractivity contribution is 5.26. The van der Waals surface area contributed by atoms with Crippen LogP contribution in [0.25, 0.3) is 0 Å². The Bertz CT molecular complexity index is 374. The van der Waals surface area contributed by atoms with Gasteiger partial charge in [0, 0.05) is 12.2 Å². The fraction of sp³-hybridized carbons (Fsp3) is 0.643. The van der Waals surface area contributed by atoms with E-state index in [1.165, 1.54) is 12.8 Å². The fourth-order valence-electron chi connectivity index (χ4n) is 2.17. The van der Waals surface area contributed by atoms with Gasteiger partial charge in [-0.25, -0.2) is 0 Å². The molecule has 0 aliphatic heterocycles. The Morgan fingerprint density at radius 2 is 2.00 bits per heavy atom. The summed E-state index contributed by atoms with van der Waals surface area (Å²) in [6.07, 6.45) is 6.42. The molecule has 1 fully saturated rings. The molecule has 2 unspecified atom stereocenters. The molecule has 17 heavy (non-hydrogen) atoms. The molecule has 0 radical (unpaired) electrons. The van der Waals surface area contributed by atoms with Crippen molar-refractivity contribution in [3.63, 3.8) is 0 Å². The van der Waals surface area contributed by atoms with Crippen molar-refractivity contribution in [2.75, 3.05) is 0 Å². The molecule has 2 atom stereocenters. The first kappa shape index (κ1) is 12.4. The van der Waals surface area contributed by atoms with Gasteiger partial charge in [0.05, 0.1) is 12.3 Å². The average Bonchev–Trinajstić information content (AvgIpc) is 3.10. The molecule has 0 bridgehead atoms. The van der Waals surface area contributed by atoms with Gasteiger partial charge >= 0.3 is 0 Å². The number of rotatable bonds is 5. The van der Waals surface area contributed by atoms with Crippen LogP contribution in [0.2, 0.25) is 0 Å². The number of nitrogens with two attached hydrogens (primary N) is 1. The van der Waals surface area contributed by atoms with Crippen molar-refractivity contribution in [3.8, 4) is 5.75 Å². The number of ether oxygens (including phenoxy) is 1. The fourth-order valence-corrected chi connectivity index (χ4v) is 2.17. The Morgan fingerprint density at radius 3 is 2.59 bits per heavy atom. The molecule has 3 heteroatoms. The van der Waals surface area contributed by atoms with Crippen molar-refractivity contribution in [1.82, 2.24) is 4.98 Å². The van der Waals surface area contributed by atoms with E-state index in [1.807, 2.05) is 26.1 Å². The lowest BCUT2D eigenvalue weighted by atomic mass is 9.92. The summed E-state index contributed by atoms with van der Waals surface area (Å²) in [6, 6.07) is 2.10. The van der Waals surface area contributed by atoms with E-state index >= 15 is 0 Å². The Balaban J connectivity index is 2.08. The lowest BCUT2D eigenvalue weighted by molar-refractivity contribution is 0.241. The lowest BCUT2D eigenvalue weighted by Gasteiger charge is -2.20. The highest BCUT2D eigenvalue weighted by atomic mass is 16.5. The number of aromatic nitrogens is 1. The van der Waals surface area contributed by atoms with Crippen molar-refractivity contribution >= 4 is 0 Å². The molecule has 1 aromatic rings. The SMILES string of the molecule is CC(C)Oc1cncc(C(N)C(C)C2CC2)c1. The van der Waals surface area contributed by atoms with Gasteiger partial charge in [-0.15, -0.1) is 0 Å². The Labute approximate surface area is 103 Å². The van der Waals surface area contributed by atoms with Crippen molar-refractivity contribution in [2.45, 2.75) is 45.8 Å². The Hall–Kier alpha value is -1.09. The third-order valence-electron chi connectivity index (χ3n) is 3.42. The topological polar surface area (TPSA) is 48.1 Å². The van der Waals surface area contributed by atoms with Crippen LogP contribution in [0.5, 0.6) is 5.75 Å². The van der Waals surface area contributed by atoms with Gasteiger partial charge in [0.2, 0.25) is 0 Å². The van der Waals surface area contributed by atoms with E-state index in [9.17, 15) is 0 Å². The average molecular weight is 234 g/mol. The Morgan fingerprint density at radius 1 is 1.29 bits per heavy atom. The van der Waals surface area contributed by atoms with Crippen LogP contribution in [0.15, 0.2) is 18.5 Å². The maximum atomic E-state index is 6.28. The first-order valence-electron chi connectivity index (χ1n) is 6.45. The monoisotopic (exact) mass is 234 g/mol. The zero-order valence-electron chi connectivity index (χ0n) is 10.9. The predicted molar refractivity (Wildman–Crippen MR) is 68.8 cm³/mol. The summed E-state index contributed by atoms with van der Waals surface area (Å²) < 4.78 is 5.64. The smallest absolute Gasteiger partial charge is 0.138 e. The summed E-state index contributed by atoms with van der Waals surface area (Å²) in [5.74, 6) is 2.15. The molecule has 2 N–H and O–H groups in total. The van der Waals surface area contributed by atoms with Crippen LogP contribution < -0.4 is 10.5 Å². The molecule has 0 aromatic carbocycles. The molecule has 0 saturated heterocycles. The van der Waals surface area contributed by atoms with Gasteiger partial charge in [0.15, 0.2) is 0 Å². The molecule has 1 aromatic heterocycles. The van der Waals surface area contributed by atoms with E-state index in [0.29, 0.717) is 5.92 Å². The molecule has 94 valence electrons. The van der Waals surface area contributed by atoms with E-state index in [4.69, 9.17) is 10.5 Å². The quantitative estimate of drug-likeness (QED) is 0.852. The molecule has 1 heterocycles. The van der Waals surface area contributed by atoms with Crippen molar-refractivity contribution in [3.05, 3.63) is 24.0 Å². The molecule has 1 saturated carbocycles. The van der Waals surface area contributed by atoms with Gasteiger partial charge in [-0.1, -0.05) is 6.92 Å². The second-order valence-corrected chi connectivity index (χ2v) is 5.34. The van der Waals surface area contributed by atoms with Crippen LogP contribution in [-0.2, 0) is 0 Å². The summed E-state index contributed by atoms with van der Waals surface area (Å²) in [4.78, 5) is 4.22. The number of hydrogen-bond donors (Lipinski definition) is 1. The van der Waals surface area contributed by atoms with Crippen molar-refractivity contribution in [1.29, 1.82) is 0 Å². The molecular formula is C14H22N2O. The predicted octanol–water partition coefficient (Wildman–Crippen LogP) is 2.91. The molecule has 1 aliphatic carbocycles. The third-order valence-corrected chi connectivity index (χ3v) is 3.42. The van der Waals surface area contributed by atoms with E-state index in [1.54, 1.807) is 6.20 Å². The van der Waals surface area contributed by atoms with Crippen LogP contribution in [0, 0.1) is 11.8 Å². The van der Waals surface area contributed by atoms with Gasteiger partial charge in [0.25, 0.3) is 0 Å². The van der Waals surface area contributed by atoms with Crippen molar-refractivity contribution in [2.24, 2.45) is 17.6 Å². The second-order valence-electron chi connectivity index (χ2n) is 5.34. The van der Waals surface area contributed by atoms with E-state index < -0.39 is 0 Å². The van der Waals surface area contributed by atoms with Gasteiger partial charge in [0.1, 0.15) is 5.75 Å². The summed E-state index contributed by atoms with van der Waals surface area (Å²) in [5, 5.41) is 0. The highest BCUT2D eigenvalue weighted by Crippen LogP contribution is 2.41. The summed E-state index contributed by atoms with van der Waals surface area (Å²) in [5.41, 5.74) is 7.37. The largest absolute Gasteiger partial charge is 0.489 e. The first-order valence-corrected chi connectivity index (χ1v) is 6.45.